The van der Waals surface area contributed by atoms with Gasteiger partial charge in [-0.2, -0.15) is 0 Å². The molecule has 11 heavy (non-hydrogen) atoms. The first-order chi connectivity index (χ1) is 5.27. The van der Waals surface area contributed by atoms with Crippen LogP contribution in [-0.2, 0) is 0 Å². The number of fused-ring (bicyclic) bond motifs is 1. The molecular formula is C10H19N. The summed E-state index contributed by atoms with van der Waals surface area (Å²) in [7, 11) is 0. The van der Waals surface area contributed by atoms with Gasteiger partial charge in [-0.25, -0.2) is 0 Å². The summed E-state index contributed by atoms with van der Waals surface area (Å²) in [5, 5.41) is 3.48. The van der Waals surface area contributed by atoms with Crippen LogP contribution in [0.3, 0.4) is 0 Å². The Morgan fingerprint density at radius 3 is 2.09 bits per heavy atom. The van der Waals surface area contributed by atoms with Gasteiger partial charge in [-0.3, -0.25) is 0 Å². The summed E-state index contributed by atoms with van der Waals surface area (Å²) in [5.41, 5.74) is 0. The first kappa shape index (κ1) is 7.60. The van der Waals surface area contributed by atoms with Gasteiger partial charge in [0.25, 0.3) is 0 Å². The molecule has 0 radical (unpaired) electrons. The van der Waals surface area contributed by atoms with Crippen molar-refractivity contribution in [1.29, 1.82) is 0 Å². The molecular weight excluding hydrogens is 134 g/mol. The zero-order chi connectivity index (χ0) is 7.84. The lowest BCUT2D eigenvalue weighted by Crippen LogP contribution is -2.14. The second-order valence-electron chi connectivity index (χ2n) is 4.65. The Hall–Kier alpha value is -0.0400. The summed E-state index contributed by atoms with van der Waals surface area (Å²) in [5.74, 6) is 4.01. The predicted octanol–water partition coefficient (Wildman–Crippen LogP) is 1.89. The van der Waals surface area contributed by atoms with Crippen molar-refractivity contribution in [2.75, 3.05) is 13.1 Å². The van der Waals surface area contributed by atoms with Crippen molar-refractivity contribution in [3.63, 3.8) is 0 Å². The molecule has 1 aliphatic carbocycles. The minimum Gasteiger partial charge on any atom is -0.316 e. The highest BCUT2D eigenvalue weighted by Gasteiger charge is 2.37. The van der Waals surface area contributed by atoms with Gasteiger partial charge in [-0.1, -0.05) is 13.8 Å². The lowest BCUT2D eigenvalue weighted by molar-refractivity contribution is 0.369. The van der Waals surface area contributed by atoms with Crippen LogP contribution in [0.15, 0.2) is 0 Å². The van der Waals surface area contributed by atoms with Crippen LogP contribution in [0.1, 0.15) is 26.7 Å². The first-order valence-electron chi connectivity index (χ1n) is 4.98. The molecule has 0 bridgehead atoms. The van der Waals surface area contributed by atoms with E-state index in [0.29, 0.717) is 0 Å². The average Bonchev–Trinajstić information content (AvgIpc) is 2.40. The minimum absolute atomic E-state index is 0.917. The molecule has 64 valence electrons. The third-order valence-corrected chi connectivity index (χ3v) is 3.63. The highest BCUT2D eigenvalue weighted by Crippen LogP contribution is 2.41. The summed E-state index contributed by atoms with van der Waals surface area (Å²) < 4.78 is 0. The van der Waals surface area contributed by atoms with Gasteiger partial charge in [-0.15, -0.1) is 0 Å². The number of hydrogen-bond donors (Lipinski definition) is 1. The van der Waals surface area contributed by atoms with Gasteiger partial charge >= 0.3 is 0 Å². The molecule has 1 nitrogen and oxygen atoms in total. The second kappa shape index (κ2) is 2.78. The van der Waals surface area contributed by atoms with E-state index in [4.69, 9.17) is 0 Å². The molecule has 1 aliphatic heterocycles. The van der Waals surface area contributed by atoms with E-state index in [1.807, 2.05) is 0 Å². The molecule has 2 aliphatic rings. The molecule has 0 spiro atoms. The topological polar surface area (TPSA) is 12.0 Å². The molecule has 0 aromatic rings. The van der Waals surface area contributed by atoms with Crippen molar-refractivity contribution in [2.45, 2.75) is 26.7 Å². The molecule has 1 saturated heterocycles. The van der Waals surface area contributed by atoms with Crippen molar-refractivity contribution >= 4 is 0 Å². The Morgan fingerprint density at radius 1 is 1.09 bits per heavy atom. The van der Waals surface area contributed by atoms with Gasteiger partial charge in [0.2, 0.25) is 0 Å². The molecule has 0 amide bonds. The number of rotatable bonds is 1. The lowest BCUT2D eigenvalue weighted by atomic mass is 9.93. The third kappa shape index (κ3) is 1.31. The van der Waals surface area contributed by atoms with Crippen molar-refractivity contribution in [3.8, 4) is 0 Å². The fourth-order valence-corrected chi connectivity index (χ4v) is 2.76. The zero-order valence-corrected chi connectivity index (χ0v) is 7.64. The van der Waals surface area contributed by atoms with Gasteiger partial charge in [0.05, 0.1) is 0 Å². The molecule has 1 heteroatoms. The molecule has 2 rings (SSSR count). The Kier molecular flexibility index (Phi) is 1.92. The van der Waals surface area contributed by atoms with E-state index < -0.39 is 0 Å². The molecule has 1 N–H and O–H groups in total. The van der Waals surface area contributed by atoms with Crippen LogP contribution < -0.4 is 5.32 Å². The van der Waals surface area contributed by atoms with Crippen LogP contribution in [0.25, 0.3) is 0 Å². The molecule has 2 atom stereocenters. The van der Waals surface area contributed by atoms with E-state index in [0.717, 1.165) is 23.7 Å². The Bertz CT molecular complexity index is 130. The van der Waals surface area contributed by atoms with Crippen LogP contribution >= 0.6 is 0 Å². The third-order valence-electron chi connectivity index (χ3n) is 3.63. The Labute approximate surface area is 69.6 Å². The van der Waals surface area contributed by atoms with E-state index >= 15 is 0 Å². The minimum atomic E-state index is 0.917. The zero-order valence-electron chi connectivity index (χ0n) is 7.64. The summed E-state index contributed by atoms with van der Waals surface area (Å²) in [4.78, 5) is 0. The smallest absolute Gasteiger partial charge is 0.00172 e. The van der Waals surface area contributed by atoms with Crippen molar-refractivity contribution in [2.24, 2.45) is 23.7 Å². The Balaban J connectivity index is 1.94. The maximum atomic E-state index is 3.48. The standard InChI is InChI=1S/C10H19N/c1-7(2)8-3-9-5-11-6-10(9)4-8/h7-11H,3-6H2,1-2H3/t9-,10-/m1/s1. The molecule has 2 fully saturated rings. The van der Waals surface area contributed by atoms with Gasteiger partial charge < -0.3 is 5.32 Å². The van der Waals surface area contributed by atoms with Crippen molar-refractivity contribution < 1.29 is 0 Å². The summed E-state index contributed by atoms with van der Waals surface area (Å²) in [6.07, 6.45) is 2.99. The molecule has 1 saturated carbocycles. The van der Waals surface area contributed by atoms with Gasteiger partial charge in [0.1, 0.15) is 0 Å². The highest BCUT2D eigenvalue weighted by atomic mass is 14.9. The van der Waals surface area contributed by atoms with E-state index in [1.165, 1.54) is 25.9 Å². The summed E-state index contributed by atoms with van der Waals surface area (Å²) >= 11 is 0. The van der Waals surface area contributed by atoms with E-state index in [1.54, 1.807) is 0 Å². The maximum Gasteiger partial charge on any atom is -0.00172 e. The summed E-state index contributed by atoms with van der Waals surface area (Å²) in [6, 6.07) is 0. The van der Waals surface area contributed by atoms with Gasteiger partial charge in [0.15, 0.2) is 0 Å². The van der Waals surface area contributed by atoms with Crippen LogP contribution in [0.5, 0.6) is 0 Å². The van der Waals surface area contributed by atoms with Crippen LogP contribution in [0, 0.1) is 23.7 Å². The SMILES string of the molecule is CC(C)C1C[C@@H]2CNC[C@H]2C1. The average molecular weight is 153 g/mol. The molecule has 0 aromatic heterocycles. The first-order valence-corrected chi connectivity index (χ1v) is 4.98. The normalized spacial score (nSPS) is 38.5. The molecule has 1 heterocycles. The fraction of sp³-hybridized carbons (Fsp3) is 1.00. The van der Waals surface area contributed by atoms with Crippen LogP contribution in [0.2, 0.25) is 0 Å². The molecule has 0 unspecified atom stereocenters. The van der Waals surface area contributed by atoms with E-state index in [-0.39, 0.29) is 0 Å². The summed E-state index contributed by atoms with van der Waals surface area (Å²) in [6.45, 7) is 7.35. The van der Waals surface area contributed by atoms with E-state index in [2.05, 4.69) is 19.2 Å². The second-order valence-corrected chi connectivity index (χ2v) is 4.65. The van der Waals surface area contributed by atoms with Crippen molar-refractivity contribution in [3.05, 3.63) is 0 Å². The van der Waals surface area contributed by atoms with Crippen LogP contribution in [0.4, 0.5) is 0 Å². The number of hydrogen-bond acceptors (Lipinski definition) is 1. The van der Waals surface area contributed by atoms with E-state index in [9.17, 15) is 0 Å². The monoisotopic (exact) mass is 153 g/mol. The molecule has 0 aromatic carbocycles. The Morgan fingerprint density at radius 2 is 1.64 bits per heavy atom. The fourth-order valence-electron chi connectivity index (χ4n) is 2.76. The maximum absolute atomic E-state index is 3.48. The highest BCUT2D eigenvalue weighted by molar-refractivity contribution is 4.91. The van der Waals surface area contributed by atoms with Crippen LogP contribution in [-0.4, -0.2) is 13.1 Å². The largest absolute Gasteiger partial charge is 0.316 e. The number of nitrogens with one attached hydrogen (secondary N) is 1. The lowest BCUT2D eigenvalue weighted by Gasteiger charge is -2.14. The van der Waals surface area contributed by atoms with Crippen molar-refractivity contribution in [1.82, 2.24) is 5.32 Å². The van der Waals surface area contributed by atoms with Gasteiger partial charge in [0, 0.05) is 0 Å². The predicted molar refractivity (Wildman–Crippen MR) is 47.4 cm³/mol. The quantitative estimate of drug-likeness (QED) is 0.606. The van der Waals surface area contributed by atoms with Gasteiger partial charge in [-0.05, 0) is 49.6 Å².